The highest BCUT2D eigenvalue weighted by Gasteiger charge is 2.24. The van der Waals surface area contributed by atoms with Crippen molar-refractivity contribution in [3.63, 3.8) is 0 Å². The largest absolute Gasteiger partial charge is 0.344 e. The minimum absolute atomic E-state index is 0.0810. The highest BCUT2D eigenvalue weighted by Crippen LogP contribution is 2.27. The summed E-state index contributed by atoms with van der Waals surface area (Å²) in [6, 6.07) is 13.8. The number of thiophene rings is 1. The van der Waals surface area contributed by atoms with Gasteiger partial charge in [-0.25, -0.2) is 4.68 Å². The molecular formula is C19H23N5OS2. The Bertz CT molecular complexity index is 885. The number of benzene rings is 1. The van der Waals surface area contributed by atoms with Crippen LogP contribution in [0.1, 0.15) is 43.1 Å². The summed E-state index contributed by atoms with van der Waals surface area (Å²) in [6.45, 7) is 6.06. The van der Waals surface area contributed by atoms with Gasteiger partial charge in [0, 0.05) is 10.3 Å². The molecule has 1 atom stereocenters. The van der Waals surface area contributed by atoms with Crippen molar-refractivity contribution in [3.8, 4) is 0 Å². The van der Waals surface area contributed by atoms with Crippen LogP contribution in [0.15, 0.2) is 53.0 Å². The van der Waals surface area contributed by atoms with Crippen molar-refractivity contribution in [3.05, 3.63) is 64.1 Å². The molecule has 0 aliphatic heterocycles. The molecule has 142 valence electrons. The van der Waals surface area contributed by atoms with E-state index in [1.165, 1.54) is 16.4 Å². The van der Waals surface area contributed by atoms with Crippen molar-refractivity contribution in [1.29, 1.82) is 0 Å². The number of hydrogen-bond acceptors (Lipinski definition) is 6. The Labute approximate surface area is 167 Å². The third-order valence-corrected chi connectivity index (χ3v) is 5.81. The number of carbonyl (C=O) groups is 1. The van der Waals surface area contributed by atoms with E-state index in [0.717, 1.165) is 10.4 Å². The summed E-state index contributed by atoms with van der Waals surface area (Å²) in [6.07, 6.45) is 0. The molecule has 0 spiro atoms. The topological polar surface area (TPSA) is 85.8 Å². The van der Waals surface area contributed by atoms with Crippen LogP contribution in [0.25, 0.3) is 0 Å². The molecule has 6 nitrogen and oxygen atoms in total. The molecule has 8 heteroatoms. The molecule has 0 unspecified atom stereocenters. The number of hydrogen-bond donors (Lipinski definition) is 2. The van der Waals surface area contributed by atoms with Crippen LogP contribution in [0.3, 0.4) is 0 Å². The van der Waals surface area contributed by atoms with Gasteiger partial charge < -0.3 is 11.2 Å². The highest BCUT2D eigenvalue weighted by atomic mass is 32.2. The molecule has 0 radical (unpaired) electrons. The molecule has 0 bridgehead atoms. The Kier molecular flexibility index (Phi) is 5.86. The van der Waals surface area contributed by atoms with Gasteiger partial charge in [-0.3, -0.25) is 4.79 Å². The summed E-state index contributed by atoms with van der Waals surface area (Å²) in [5.41, 5.74) is 0.843. The Hall–Kier alpha value is -2.32. The first-order valence-corrected chi connectivity index (χ1v) is 10.4. The SMILES string of the molecule is CC(C)(C)c1nnc(SCC(=O)N[C@@H](c2ccccc2)c2cccs2)n1N. The van der Waals surface area contributed by atoms with Crippen molar-refractivity contribution in [2.75, 3.05) is 11.6 Å². The lowest BCUT2D eigenvalue weighted by Crippen LogP contribution is -2.30. The minimum Gasteiger partial charge on any atom is -0.344 e. The average Bonchev–Trinajstić information content (AvgIpc) is 3.28. The van der Waals surface area contributed by atoms with Crippen LogP contribution in [-0.4, -0.2) is 26.5 Å². The van der Waals surface area contributed by atoms with E-state index in [-0.39, 0.29) is 23.1 Å². The molecule has 0 saturated heterocycles. The van der Waals surface area contributed by atoms with Crippen molar-refractivity contribution in [2.45, 2.75) is 37.4 Å². The maximum atomic E-state index is 12.6. The van der Waals surface area contributed by atoms with E-state index in [1.54, 1.807) is 11.3 Å². The molecule has 0 aliphatic rings. The Morgan fingerprint density at radius 1 is 1.22 bits per heavy atom. The second-order valence-electron chi connectivity index (χ2n) is 7.14. The molecule has 1 aromatic carbocycles. The number of nitrogens with one attached hydrogen (secondary N) is 1. The smallest absolute Gasteiger partial charge is 0.231 e. The lowest BCUT2D eigenvalue weighted by molar-refractivity contribution is -0.119. The van der Waals surface area contributed by atoms with E-state index < -0.39 is 0 Å². The van der Waals surface area contributed by atoms with Crippen LogP contribution >= 0.6 is 23.1 Å². The predicted octanol–water partition coefficient (Wildman–Crippen LogP) is 3.35. The molecule has 27 heavy (non-hydrogen) atoms. The van der Waals surface area contributed by atoms with E-state index in [4.69, 9.17) is 5.84 Å². The summed E-state index contributed by atoms with van der Waals surface area (Å²) in [5.74, 6) is 6.91. The standard InChI is InChI=1S/C19H23N5OS2/c1-19(2,3)17-22-23-18(24(17)20)27-12-15(25)21-16(14-10-7-11-26-14)13-8-5-4-6-9-13/h4-11,16H,12,20H2,1-3H3,(H,21,25)/t16-/m0/s1. The first-order valence-electron chi connectivity index (χ1n) is 8.57. The monoisotopic (exact) mass is 401 g/mol. The van der Waals surface area contributed by atoms with Crippen LogP contribution in [0, 0.1) is 0 Å². The summed E-state index contributed by atoms with van der Waals surface area (Å²) >= 11 is 2.91. The van der Waals surface area contributed by atoms with Gasteiger partial charge in [0.2, 0.25) is 11.1 Å². The predicted molar refractivity (Wildman–Crippen MR) is 110 cm³/mol. The molecule has 0 fully saturated rings. The first kappa shape index (κ1) is 19.4. The second-order valence-corrected chi connectivity index (χ2v) is 9.06. The summed E-state index contributed by atoms with van der Waals surface area (Å²) in [4.78, 5) is 13.7. The molecule has 1 amide bonds. The van der Waals surface area contributed by atoms with Crippen LogP contribution in [-0.2, 0) is 10.2 Å². The Morgan fingerprint density at radius 3 is 2.56 bits per heavy atom. The normalized spacial score (nSPS) is 12.7. The zero-order chi connectivity index (χ0) is 19.4. The van der Waals surface area contributed by atoms with Crippen LogP contribution in [0.5, 0.6) is 0 Å². The van der Waals surface area contributed by atoms with Crippen molar-refractivity contribution in [1.82, 2.24) is 20.2 Å². The highest BCUT2D eigenvalue weighted by molar-refractivity contribution is 7.99. The van der Waals surface area contributed by atoms with Gasteiger partial charge in [-0.2, -0.15) is 0 Å². The fourth-order valence-corrected chi connectivity index (χ4v) is 4.11. The van der Waals surface area contributed by atoms with E-state index in [0.29, 0.717) is 11.0 Å². The number of carbonyl (C=O) groups excluding carboxylic acids is 1. The van der Waals surface area contributed by atoms with Crippen molar-refractivity contribution < 1.29 is 4.79 Å². The summed E-state index contributed by atoms with van der Waals surface area (Å²) < 4.78 is 1.46. The fourth-order valence-electron chi connectivity index (χ4n) is 2.64. The van der Waals surface area contributed by atoms with Gasteiger partial charge in [0.15, 0.2) is 5.82 Å². The zero-order valence-electron chi connectivity index (χ0n) is 15.5. The van der Waals surface area contributed by atoms with E-state index in [9.17, 15) is 4.79 Å². The van der Waals surface area contributed by atoms with Crippen molar-refractivity contribution in [2.24, 2.45) is 0 Å². The van der Waals surface area contributed by atoms with Gasteiger partial charge in [-0.05, 0) is 17.0 Å². The summed E-state index contributed by atoms with van der Waals surface area (Å²) in [5, 5.41) is 13.9. The summed E-state index contributed by atoms with van der Waals surface area (Å²) in [7, 11) is 0. The number of nitrogen functional groups attached to an aromatic ring is 1. The maximum absolute atomic E-state index is 12.6. The zero-order valence-corrected chi connectivity index (χ0v) is 17.2. The molecule has 3 aromatic rings. The molecule has 3 rings (SSSR count). The van der Waals surface area contributed by atoms with Gasteiger partial charge in [-0.15, -0.1) is 21.5 Å². The van der Waals surface area contributed by atoms with Gasteiger partial charge in [0.25, 0.3) is 0 Å². The minimum atomic E-state index is -0.208. The lowest BCUT2D eigenvalue weighted by atomic mass is 9.96. The van der Waals surface area contributed by atoms with Crippen LogP contribution < -0.4 is 11.2 Å². The molecule has 0 aliphatic carbocycles. The molecule has 2 heterocycles. The number of nitrogens with zero attached hydrogens (tertiary/aromatic N) is 3. The Morgan fingerprint density at radius 2 is 1.96 bits per heavy atom. The number of rotatable bonds is 6. The lowest BCUT2D eigenvalue weighted by Gasteiger charge is -2.18. The van der Waals surface area contributed by atoms with E-state index in [2.05, 4.69) is 15.5 Å². The van der Waals surface area contributed by atoms with E-state index >= 15 is 0 Å². The second kappa shape index (κ2) is 8.14. The fraction of sp³-hybridized carbons (Fsp3) is 0.316. The quantitative estimate of drug-likeness (QED) is 0.489. The number of amides is 1. The first-order chi connectivity index (χ1) is 12.9. The van der Waals surface area contributed by atoms with Gasteiger partial charge in [-0.1, -0.05) is 68.9 Å². The molecule has 2 aromatic heterocycles. The molecular weight excluding hydrogens is 378 g/mol. The maximum Gasteiger partial charge on any atom is 0.231 e. The number of aromatic nitrogens is 3. The van der Waals surface area contributed by atoms with Gasteiger partial charge >= 0.3 is 0 Å². The average molecular weight is 402 g/mol. The van der Waals surface area contributed by atoms with Crippen LogP contribution in [0.4, 0.5) is 0 Å². The molecule has 3 N–H and O–H groups in total. The van der Waals surface area contributed by atoms with Crippen LogP contribution in [0.2, 0.25) is 0 Å². The van der Waals surface area contributed by atoms with Gasteiger partial charge in [0.1, 0.15) is 0 Å². The molecule has 0 saturated carbocycles. The number of nitrogens with two attached hydrogens (primary N) is 1. The number of thioether (sulfide) groups is 1. The third-order valence-electron chi connectivity index (χ3n) is 3.93. The van der Waals surface area contributed by atoms with E-state index in [1.807, 2.05) is 68.6 Å². The Balaban J connectivity index is 1.68. The third kappa shape index (κ3) is 4.70. The van der Waals surface area contributed by atoms with Gasteiger partial charge in [0.05, 0.1) is 11.8 Å². The van der Waals surface area contributed by atoms with Crippen molar-refractivity contribution >= 4 is 29.0 Å².